The van der Waals surface area contributed by atoms with Crippen LogP contribution in [-0.4, -0.2) is 6.67 Å². The van der Waals surface area contributed by atoms with Crippen LogP contribution < -0.4 is 5.73 Å². The summed E-state index contributed by atoms with van der Waals surface area (Å²) in [6.07, 6.45) is 0. The van der Waals surface area contributed by atoms with Crippen molar-refractivity contribution >= 4 is 11.6 Å². The smallest absolute Gasteiger partial charge is 0.109 e. The van der Waals surface area contributed by atoms with Crippen LogP contribution in [0.5, 0.6) is 0 Å². The maximum atomic E-state index is 12.2. The molecule has 0 saturated carbocycles. The summed E-state index contributed by atoms with van der Waals surface area (Å²) in [5.74, 6) is 0. The molecular formula is C9H11ClFN. The van der Waals surface area contributed by atoms with Crippen molar-refractivity contribution in [3.63, 3.8) is 0 Å². The fourth-order valence-electron chi connectivity index (χ4n) is 1.19. The first-order valence-electron chi connectivity index (χ1n) is 3.73. The number of nitrogens with two attached hydrogens (primary N) is 1. The lowest BCUT2D eigenvalue weighted by atomic mass is 10.0. The highest BCUT2D eigenvalue weighted by atomic mass is 35.5. The average molecular weight is 188 g/mol. The Balaban J connectivity index is 3.12. The molecule has 0 unspecified atom stereocenters. The van der Waals surface area contributed by atoms with Crippen molar-refractivity contribution in [2.24, 2.45) is 5.73 Å². The molecular weight excluding hydrogens is 177 g/mol. The molecule has 0 bridgehead atoms. The third kappa shape index (κ3) is 1.76. The molecule has 1 aromatic rings. The largest absolute Gasteiger partial charge is 0.322 e. The normalized spacial score (nSPS) is 13.0. The molecule has 66 valence electrons. The molecule has 1 aromatic carbocycles. The maximum absolute atomic E-state index is 12.2. The Bertz CT molecular complexity index is 255. The van der Waals surface area contributed by atoms with E-state index in [1.807, 2.05) is 19.1 Å². The van der Waals surface area contributed by atoms with Gasteiger partial charge in [-0.15, -0.1) is 0 Å². The van der Waals surface area contributed by atoms with Crippen LogP contribution in [0.15, 0.2) is 18.2 Å². The Morgan fingerprint density at radius 3 is 2.75 bits per heavy atom. The minimum absolute atomic E-state index is 0.542. The van der Waals surface area contributed by atoms with Crippen molar-refractivity contribution in [1.29, 1.82) is 0 Å². The van der Waals surface area contributed by atoms with Crippen LogP contribution in [0.4, 0.5) is 4.39 Å². The summed E-state index contributed by atoms with van der Waals surface area (Å²) in [6.45, 7) is 1.29. The molecule has 0 radical (unpaired) electrons. The summed E-state index contributed by atoms with van der Waals surface area (Å²) in [5, 5.41) is 0.542. The van der Waals surface area contributed by atoms with Crippen LogP contribution in [0.2, 0.25) is 5.02 Å². The average Bonchev–Trinajstić information content (AvgIpc) is 2.03. The minimum atomic E-state index is -0.598. The van der Waals surface area contributed by atoms with Crippen molar-refractivity contribution in [1.82, 2.24) is 0 Å². The number of aryl methyl sites for hydroxylation is 1. The highest BCUT2D eigenvalue weighted by Gasteiger charge is 2.11. The van der Waals surface area contributed by atoms with Gasteiger partial charge in [0.05, 0.1) is 6.04 Å². The van der Waals surface area contributed by atoms with Gasteiger partial charge in [0.15, 0.2) is 0 Å². The van der Waals surface area contributed by atoms with Gasteiger partial charge in [0.25, 0.3) is 0 Å². The predicted octanol–water partition coefficient (Wildman–Crippen LogP) is 2.62. The van der Waals surface area contributed by atoms with Crippen LogP contribution >= 0.6 is 11.6 Å². The summed E-state index contributed by atoms with van der Waals surface area (Å²) in [6, 6.07) is 4.82. The van der Waals surface area contributed by atoms with E-state index >= 15 is 0 Å². The van der Waals surface area contributed by atoms with Gasteiger partial charge in [0.2, 0.25) is 0 Å². The first kappa shape index (κ1) is 9.49. The first-order valence-corrected chi connectivity index (χ1v) is 4.11. The fraction of sp³-hybridized carbons (Fsp3) is 0.333. The van der Waals surface area contributed by atoms with Crippen LogP contribution in [-0.2, 0) is 0 Å². The van der Waals surface area contributed by atoms with Gasteiger partial charge in [0, 0.05) is 5.02 Å². The lowest BCUT2D eigenvalue weighted by molar-refractivity contribution is 0.436. The summed E-state index contributed by atoms with van der Waals surface area (Å²) in [5.41, 5.74) is 7.18. The van der Waals surface area contributed by atoms with Crippen molar-refractivity contribution < 1.29 is 4.39 Å². The zero-order chi connectivity index (χ0) is 9.14. The Morgan fingerprint density at radius 2 is 2.25 bits per heavy atom. The zero-order valence-electron chi connectivity index (χ0n) is 6.85. The van der Waals surface area contributed by atoms with E-state index < -0.39 is 12.7 Å². The molecule has 3 heteroatoms. The SMILES string of the molecule is Cc1cccc(Cl)c1[C@@H](N)CF. The van der Waals surface area contributed by atoms with E-state index in [4.69, 9.17) is 17.3 Å². The second-order valence-corrected chi connectivity index (χ2v) is 3.14. The Hall–Kier alpha value is -0.600. The molecule has 0 heterocycles. The second kappa shape index (κ2) is 3.87. The van der Waals surface area contributed by atoms with Crippen molar-refractivity contribution in [3.05, 3.63) is 34.3 Å². The molecule has 0 amide bonds. The van der Waals surface area contributed by atoms with Gasteiger partial charge in [-0.05, 0) is 24.1 Å². The molecule has 2 N–H and O–H groups in total. The Kier molecular flexibility index (Phi) is 3.06. The van der Waals surface area contributed by atoms with E-state index in [2.05, 4.69) is 0 Å². The molecule has 12 heavy (non-hydrogen) atoms. The van der Waals surface area contributed by atoms with Crippen LogP contribution in [0.1, 0.15) is 17.2 Å². The molecule has 0 aliphatic heterocycles. The van der Waals surface area contributed by atoms with Crippen molar-refractivity contribution in [2.75, 3.05) is 6.67 Å². The quantitative estimate of drug-likeness (QED) is 0.757. The minimum Gasteiger partial charge on any atom is -0.322 e. The van der Waals surface area contributed by atoms with Gasteiger partial charge in [-0.2, -0.15) is 0 Å². The van der Waals surface area contributed by atoms with E-state index in [0.29, 0.717) is 10.6 Å². The van der Waals surface area contributed by atoms with E-state index in [0.717, 1.165) is 5.56 Å². The molecule has 0 aliphatic rings. The molecule has 1 nitrogen and oxygen atoms in total. The number of rotatable bonds is 2. The Labute approximate surface area is 76.3 Å². The zero-order valence-corrected chi connectivity index (χ0v) is 7.61. The van der Waals surface area contributed by atoms with E-state index in [1.54, 1.807) is 6.07 Å². The van der Waals surface area contributed by atoms with Gasteiger partial charge in [-0.3, -0.25) is 0 Å². The predicted molar refractivity (Wildman–Crippen MR) is 49.1 cm³/mol. The van der Waals surface area contributed by atoms with Crippen molar-refractivity contribution in [3.8, 4) is 0 Å². The number of alkyl halides is 1. The molecule has 0 aliphatic carbocycles. The summed E-state index contributed by atoms with van der Waals surface area (Å²) < 4.78 is 12.2. The number of hydrogen-bond acceptors (Lipinski definition) is 1. The summed E-state index contributed by atoms with van der Waals surface area (Å²) >= 11 is 5.86. The van der Waals surface area contributed by atoms with Gasteiger partial charge >= 0.3 is 0 Å². The van der Waals surface area contributed by atoms with Crippen LogP contribution in [0.25, 0.3) is 0 Å². The van der Waals surface area contributed by atoms with Crippen LogP contribution in [0.3, 0.4) is 0 Å². The topological polar surface area (TPSA) is 26.0 Å². The van der Waals surface area contributed by atoms with Gasteiger partial charge in [0.1, 0.15) is 6.67 Å². The van der Waals surface area contributed by atoms with Gasteiger partial charge < -0.3 is 5.73 Å². The van der Waals surface area contributed by atoms with Gasteiger partial charge in [-0.1, -0.05) is 23.7 Å². The lowest BCUT2D eigenvalue weighted by Crippen LogP contribution is -2.14. The fourth-order valence-corrected chi connectivity index (χ4v) is 1.55. The van der Waals surface area contributed by atoms with E-state index in [9.17, 15) is 4.39 Å². The highest BCUT2D eigenvalue weighted by Crippen LogP contribution is 2.24. The van der Waals surface area contributed by atoms with E-state index in [1.165, 1.54) is 0 Å². The number of benzene rings is 1. The lowest BCUT2D eigenvalue weighted by Gasteiger charge is -2.12. The Morgan fingerprint density at radius 1 is 1.58 bits per heavy atom. The molecule has 0 saturated heterocycles. The number of halogens is 2. The molecule has 1 rings (SSSR count). The molecule has 0 aromatic heterocycles. The monoisotopic (exact) mass is 187 g/mol. The third-order valence-electron chi connectivity index (χ3n) is 1.81. The highest BCUT2D eigenvalue weighted by molar-refractivity contribution is 6.31. The van der Waals surface area contributed by atoms with E-state index in [-0.39, 0.29) is 0 Å². The maximum Gasteiger partial charge on any atom is 0.109 e. The standard InChI is InChI=1S/C9H11ClFN/c1-6-3-2-4-7(10)9(6)8(12)5-11/h2-4,8H,5,12H2,1H3/t8-/m0/s1. The summed E-state index contributed by atoms with van der Waals surface area (Å²) in [4.78, 5) is 0. The molecule has 1 atom stereocenters. The van der Waals surface area contributed by atoms with Crippen molar-refractivity contribution in [2.45, 2.75) is 13.0 Å². The van der Waals surface area contributed by atoms with Crippen LogP contribution in [0, 0.1) is 6.92 Å². The molecule has 0 fully saturated rings. The second-order valence-electron chi connectivity index (χ2n) is 2.73. The van der Waals surface area contributed by atoms with Gasteiger partial charge in [-0.25, -0.2) is 4.39 Å². The first-order chi connectivity index (χ1) is 5.66. The summed E-state index contributed by atoms with van der Waals surface area (Å²) in [7, 11) is 0. The number of hydrogen-bond donors (Lipinski definition) is 1. The third-order valence-corrected chi connectivity index (χ3v) is 2.14. The molecule has 0 spiro atoms.